The smallest absolute Gasteiger partial charge is 0.225 e. The van der Waals surface area contributed by atoms with Gasteiger partial charge in [0.2, 0.25) is 5.28 Å². The molecule has 110 valence electrons. The van der Waals surface area contributed by atoms with E-state index in [0.29, 0.717) is 11.3 Å². The van der Waals surface area contributed by atoms with Crippen LogP contribution in [0.5, 0.6) is 0 Å². The standard InChI is InChI=1S/C15H16ClN3S2/c1-3-11-7-12-13(18-15(16)19-14(12)21-11)17-9(2)6-10-4-5-20-8-10/h4-5,7-9H,3,6H2,1-2H3,(H,17,18,19). The first-order chi connectivity index (χ1) is 10.2. The van der Waals surface area contributed by atoms with Gasteiger partial charge in [-0.1, -0.05) is 6.92 Å². The van der Waals surface area contributed by atoms with E-state index in [9.17, 15) is 0 Å². The van der Waals surface area contributed by atoms with Gasteiger partial charge in [0, 0.05) is 10.9 Å². The molecule has 1 atom stereocenters. The van der Waals surface area contributed by atoms with Crippen molar-refractivity contribution in [3.8, 4) is 0 Å². The summed E-state index contributed by atoms with van der Waals surface area (Å²) in [5, 5.41) is 9.13. The Hall–Kier alpha value is -1.17. The van der Waals surface area contributed by atoms with E-state index in [0.717, 1.165) is 28.9 Å². The highest BCUT2D eigenvalue weighted by Crippen LogP contribution is 2.30. The summed E-state index contributed by atoms with van der Waals surface area (Å²) in [5.74, 6) is 0.837. The number of rotatable bonds is 5. The molecule has 6 heteroatoms. The van der Waals surface area contributed by atoms with Gasteiger partial charge < -0.3 is 5.32 Å². The molecule has 0 radical (unpaired) electrons. The Morgan fingerprint density at radius 2 is 2.24 bits per heavy atom. The molecule has 1 unspecified atom stereocenters. The van der Waals surface area contributed by atoms with E-state index in [2.05, 4.69) is 52.0 Å². The molecule has 21 heavy (non-hydrogen) atoms. The van der Waals surface area contributed by atoms with Gasteiger partial charge in [-0.3, -0.25) is 0 Å². The number of hydrogen-bond acceptors (Lipinski definition) is 5. The molecule has 3 heterocycles. The van der Waals surface area contributed by atoms with Crippen LogP contribution in [0.1, 0.15) is 24.3 Å². The summed E-state index contributed by atoms with van der Waals surface area (Å²) in [6.07, 6.45) is 1.97. The van der Waals surface area contributed by atoms with Crippen LogP contribution in [0.4, 0.5) is 5.82 Å². The minimum atomic E-state index is 0.291. The number of fused-ring (bicyclic) bond motifs is 1. The van der Waals surface area contributed by atoms with Crippen molar-refractivity contribution in [2.24, 2.45) is 0 Å². The summed E-state index contributed by atoms with van der Waals surface area (Å²) in [6, 6.07) is 4.61. The highest BCUT2D eigenvalue weighted by Gasteiger charge is 2.13. The Kier molecular flexibility index (Phi) is 4.42. The summed E-state index contributed by atoms with van der Waals surface area (Å²) in [6.45, 7) is 4.30. The number of hydrogen-bond donors (Lipinski definition) is 1. The second kappa shape index (κ2) is 6.30. The average Bonchev–Trinajstić information content (AvgIpc) is 3.07. The molecule has 3 aromatic rings. The quantitative estimate of drug-likeness (QED) is 0.665. The van der Waals surface area contributed by atoms with Gasteiger partial charge in [0.15, 0.2) is 0 Å². The maximum atomic E-state index is 6.05. The SMILES string of the molecule is CCc1cc2c(NC(C)Cc3ccsc3)nc(Cl)nc2s1. The van der Waals surface area contributed by atoms with Crippen molar-refractivity contribution in [2.45, 2.75) is 32.7 Å². The minimum absolute atomic E-state index is 0.291. The third kappa shape index (κ3) is 3.36. The van der Waals surface area contributed by atoms with E-state index in [4.69, 9.17) is 11.6 Å². The zero-order valence-corrected chi connectivity index (χ0v) is 14.3. The van der Waals surface area contributed by atoms with Crippen molar-refractivity contribution in [3.63, 3.8) is 0 Å². The molecule has 3 rings (SSSR count). The molecule has 3 aromatic heterocycles. The number of nitrogens with zero attached hydrogens (tertiary/aromatic N) is 2. The van der Waals surface area contributed by atoms with E-state index in [-0.39, 0.29) is 0 Å². The minimum Gasteiger partial charge on any atom is -0.367 e. The number of nitrogens with one attached hydrogen (secondary N) is 1. The maximum Gasteiger partial charge on any atom is 0.225 e. The van der Waals surface area contributed by atoms with Gasteiger partial charge in [-0.25, -0.2) is 9.97 Å². The molecular formula is C15H16ClN3S2. The summed E-state index contributed by atoms with van der Waals surface area (Å²) in [4.78, 5) is 10.9. The summed E-state index contributed by atoms with van der Waals surface area (Å²) in [7, 11) is 0. The molecule has 0 aromatic carbocycles. The predicted octanol–water partition coefficient (Wildman–Crippen LogP) is 5.01. The number of halogens is 1. The lowest BCUT2D eigenvalue weighted by Gasteiger charge is -2.14. The van der Waals surface area contributed by atoms with Crippen molar-refractivity contribution >= 4 is 50.3 Å². The van der Waals surface area contributed by atoms with E-state index in [1.165, 1.54) is 10.4 Å². The van der Waals surface area contributed by atoms with Crippen molar-refractivity contribution < 1.29 is 0 Å². The van der Waals surface area contributed by atoms with E-state index in [1.807, 2.05) is 0 Å². The molecule has 0 saturated heterocycles. The molecular weight excluding hydrogens is 322 g/mol. The summed E-state index contributed by atoms with van der Waals surface area (Å²) in [5.41, 5.74) is 1.34. The monoisotopic (exact) mass is 337 g/mol. The van der Waals surface area contributed by atoms with E-state index in [1.54, 1.807) is 22.7 Å². The van der Waals surface area contributed by atoms with Gasteiger partial charge in [0.1, 0.15) is 10.6 Å². The van der Waals surface area contributed by atoms with Gasteiger partial charge in [0.25, 0.3) is 0 Å². The number of aryl methyl sites for hydroxylation is 1. The lowest BCUT2D eigenvalue weighted by molar-refractivity contribution is 0.788. The number of thiophene rings is 2. The molecule has 0 aliphatic rings. The normalized spacial score (nSPS) is 12.7. The van der Waals surface area contributed by atoms with Crippen molar-refractivity contribution in [3.05, 3.63) is 38.6 Å². The van der Waals surface area contributed by atoms with Crippen molar-refractivity contribution in [2.75, 3.05) is 5.32 Å². The number of anilines is 1. The van der Waals surface area contributed by atoms with Crippen molar-refractivity contribution in [1.82, 2.24) is 9.97 Å². The van der Waals surface area contributed by atoms with Crippen LogP contribution >= 0.6 is 34.3 Å². The van der Waals surface area contributed by atoms with Crippen LogP contribution in [-0.4, -0.2) is 16.0 Å². The Bertz CT molecular complexity index is 737. The molecule has 0 bridgehead atoms. The second-order valence-electron chi connectivity index (χ2n) is 5.01. The predicted molar refractivity (Wildman–Crippen MR) is 92.9 cm³/mol. The van der Waals surface area contributed by atoms with Gasteiger partial charge in [-0.2, -0.15) is 11.3 Å². The molecule has 0 fully saturated rings. The first-order valence-electron chi connectivity index (χ1n) is 6.89. The second-order valence-corrected chi connectivity index (χ2v) is 7.24. The highest BCUT2D eigenvalue weighted by molar-refractivity contribution is 7.18. The lowest BCUT2D eigenvalue weighted by Crippen LogP contribution is -2.18. The van der Waals surface area contributed by atoms with Crippen LogP contribution in [0.2, 0.25) is 5.28 Å². The topological polar surface area (TPSA) is 37.8 Å². The van der Waals surface area contributed by atoms with Gasteiger partial charge in [-0.15, -0.1) is 11.3 Å². The van der Waals surface area contributed by atoms with Gasteiger partial charge in [0.05, 0.1) is 5.39 Å². The number of aromatic nitrogens is 2. The largest absolute Gasteiger partial charge is 0.367 e. The first-order valence-corrected chi connectivity index (χ1v) is 9.03. The van der Waals surface area contributed by atoms with Crippen molar-refractivity contribution in [1.29, 1.82) is 0 Å². The molecule has 0 saturated carbocycles. The van der Waals surface area contributed by atoms with Crippen LogP contribution in [0.25, 0.3) is 10.2 Å². The molecule has 3 nitrogen and oxygen atoms in total. The Balaban J connectivity index is 1.86. The van der Waals surface area contributed by atoms with Crippen LogP contribution in [0.15, 0.2) is 22.9 Å². The van der Waals surface area contributed by atoms with Crippen LogP contribution in [0, 0.1) is 0 Å². The van der Waals surface area contributed by atoms with E-state index >= 15 is 0 Å². The zero-order valence-electron chi connectivity index (χ0n) is 11.9. The molecule has 0 spiro atoms. The fourth-order valence-corrected chi connectivity index (χ4v) is 4.14. The first kappa shape index (κ1) is 14.8. The van der Waals surface area contributed by atoms with Crippen LogP contribution < -0.4 is 5.32 Å². The van der Waals surface area contributed by atoms with Gasteiger partial charge >= 0.3 is 0 Å². The summed E-state index contributed by atoms with van der Waals surface area (Å²) < 4.78 is 0. The third-order valence-corrected chi connectivity index (χ3v) is 5.34. The maximum absolute atomic E-state index is 6.05. The molecule has 0 amide bonds. The molecule has 0 aliphatic carbocycles. The highest BCUT2D eigenvalue weighted by atomic mass is 35.5. The lowest BCUT2D eigenvalue weighted by atomic mass is 10.1. The Morgan fingerprint density at radius 3 is 2.95 bits per heavy atom. The fraction of sp³-hybridized carbons (Fsp3) is 0.333. The molecule has 1 N–H and O–H groups in total. The van der Waals surface area contributed by atoms with Crippen LogP contribution in [-0.2, 0) is 12.8 Å². The average molecular weight is 338 g/mol. The van der Waals surface area contributed by atoms with E-state index < -0.39 is 0 Å². The summed E-state index contributed by atoms with van der Waals surface area (Å²) >= 11 is 9.46. The fourth-order valence-electron chi connectivity index (χ4n) is 2.28. The van der Waals surface area contributed by atoms with Gasteiger partial charge in [-0.05, 0) is 59.8 Å². The zero-order chi connectivity index (χ0) is 14.8. The Morgan fingerprint density at radius 1 is 1.38 bits per heavy atom. The third-order valence-electron chi connectivity index (χ3n) is 3.27. The Labute approximate surface area is 137 Å². The molecule has 0 aliphatic heterocycles. The van der Waals surface area contributed by atoms with Crippen LogP contribution in [0.3, 0.4) is 0 Å².